The molecule has 8 heteroatoms. The molecule has 0 saturated carbocycles. The van der Waals surface area contributed by atoms with Gasteiger partial charge in [0.25, 0.3) is 10.2 Å². The van der Waals surface area contributed by atoms with Gasteiger partial charge in [0.2, 0.25) is 0 Å². The van der Waals surface area contributed by atoms with E-state index >= 15 is 0 Å². The van der Waals surface area contributed by atoms with Crippen LogP contribution in [0.4, 0.5) is 10.1 Å². The van der Waals surface area contributed by atoms with Crippen molar-refractivity contribution in [3.63, 3.8) is 0 Å². The Kier molecular flexibility index (Phi) is 4.25. The van der Waals surface area contributed by atoms with E-state index in [1.165, 1.54) is 0 Å². The van der Waals surface area contributed by atoms with Crippen molar-refractivity contribution in [2.75, 3.05) is 4.72 Å². The Hall–Kier alpha value is -1.67. The summed E-state index contributed by atoms with van der Waals surface area (Å²) in [5.41, 5.74) is -0.623. The number of hydrogen-bond acceptors (Lipinski definition) is 3. The molecule has 0 radical (unpaired) electrons. The number of nitrogens with one attached hydrogen (secondary N) is 2. The first kappa shape index (κ1) is 14.4. The normalized spacial score (nSPS) is 11.6. The maximum Gasteiger partial charge on any atom is 0.335 e. The van der Waals surface area contributed by atoms with Crippen LogP contribution in [0.3, 0.4) is 0 Å². The molecule has 0 bridgehead atoms. The molecule has 0 atom stereocenters. The van der Waals surface area contributed by atoms with Crippen molar-refractivity contribution in [2.45, 2.75) is 19.9 Å². The van der Waals surface area contributed by atoms with Gasteiger partial charge in [-0.1, -0.05) is 0 Å². The second-order valence-corrected chi connectivity index (χ2v) is 5.32. The maximum absolute atomic E-state index is 13.4. The van der Waals surface area contributed by atoms with E-state index in [1.54, 1.807) is 13.8 Å². The summed E-state index contributed by atoms with van der Waals surface area (Å²) in [5, 5.41) is 8.73. The lowest BCUT2D eigenvalue weighted by atomic mass is 10.2. The molecule has 0 saturated heterocycles. The van der Waals surface area contributed by atoms with Gasteiger partial charge in [-0.2, -0.15) is 13.1 Å². The highest BCUT2D eigenvalue weighted by molar-refractivity contribution is 7.90. The van der Waals surface area contributed by atoms with Crippen molar-refractivity contribution in [3.05, 3.63) is 29.6 Å². The largest absolute Gasteiger partial charge is 0.478 e. The van der Waals surface area contributed by atoms with Crippen LogP contribution in [0.5, 0.6) is 0 Å². The van der Waals surface area contributed by atoms with Gasteiger partial charge < -0.3 is 5.11 Å². The van der Waals surface area contributed by atoms with Gasteiger partial charge in [-0.05, 0) is 32.0 Å². The predicted octanol–water partition coefficient (Wildman–Crippen LogP) is 1.18. The molecule has 1 aromatic carbocycles. The summed E-state index contributed by atoms with van der Waals surface area (Å²) in [7, 11) is -3.93. The Morgan fingerprint density at radius 2 is 2.00 bits per heavy atom. The standard InChI is InChI=1S/C10H13FN2O4S/c1-6(2)12-18(16,17)13-9-5-7(10(14)15)3-4-8(9)11/h3-6,12-13H,1-2H3,(H,14,15). The molecule has 0 aliphatic heterocycles. The number of carboxylic acids is 1. The van der Waals surface area contributed by atoms with Gasteiger partial charge in [-0.15, -0.1) is 0 Å². The van der Waals surface area contributed by atoms with Crippen LogP contribution in [0.25, 0.3) is 0 Å². The number of halogens is 1. The molecule has 1 aromatic rings. The Morgan fingerprint density at radius 1 is 1.39 bits per heavy atom. The van der Waals surface area contributed by atoms with Gasteiger partial charge >= 0.3 is 5.97 Å². The van der Waals surface area contributed by atoms with Crippen molar-refractivity contribution in [1.82, 2.24) is 4.72 Å². The van der Waals surface area contributed by atoms with Gasteiger partial charge in [-0.3, -0.25) is 4.72 Å². The molecule has 1 rings (SSSR count). The molecule has 0 aliphatic rings. The van der Waals surface area contributed by atoms with E-state index in [4.69, 9.17) is 5.11 Å². The van der Waals surface area contributed by atoms with Gasteiger partial charge in [-0.25, -0.2) is 9.18 Å². The molecule has 18 heavy (non-hydrogen) atoms. The number of carbonyl (C=O) groups is 1. The van der Waals surface area contributed by atoms with E-state index in [0.29, 0.717) is 0 Å². The smallest absolute Gasteiger partial charge is 0.335 e. The second kappa shape index (κ2) is 5.32. The van der Waals surface area contributed by atoms with Gasteiger partial charge in [0.05, 0.1) is 11.3 Å². The summed E-state index contributed by atoms with van der Waals surface area (Å²) in [6, 6.07) is 2.48. The van der Waals surface area contributed by atoms with Gasteiger partial charge in [0, 0.05) is 6.04 Å². The summed E-state index contributed by atoms with van der Waals surface area (Å²) in [6.07, 6.45) is 0. The summed E-state index contributed by atoms with van der Waals surface area (Å²) in [6.45, 7) is 3.20. The van der Waals surface area contributed by atoms with Crippen molar-refractivity contribution >= 4 is 21.9 Å². The number of anilines is 1. The average molecular weight is 276 g/mol. The molecule has 0 aliphatic carbocycles. The maximum atomic E-state index is 13.4. The third-order valence-electron chi connectivity index (χ3n) is 1.85. The Balaban J connectivity index is 3.04. The molecule has 100 valence electrons. The number of benzene rings is 1. The van der Waals surface area contributed by atoms with E-state index < -0.39 is 27.7 Å². The molecule has 0 amide bonds. The van der Waals surface area contributed by atoms with Crippen molar-refractivity contribution in [2.24, 2.45) is 0 Å². The summed E-state index contributed by atoms with van der Waals surface area (Å²) in [5.74, 6) is -2.12. The molecule has 3 N–H and O–H groups in total. The van der Waals surface area contributed by atoms with E-state index in [9.17, 15) is 17.6 Å². The first-order valence-corrected chi connectivity index (χ1v) is 6.52. The summed E-state index contributed by atoms with van der Waals surface area (Å²) < 4.78 is 40.5. The van der Waals surface area contributed by atoms with Crippen molar-refractivity contribution < 1.29 is 22.7 Å². The highest BCUT2D eigenvalue weighted by Gasteiger charge is 2.15. The van der Waals surface area contributed by atoms with Crippen LogP contribution in [-0.4, -0.2) is 25.5 Å². The molecule has 0 heterocycles. The topological polar surface area (TPSA) is 95.5 Å². The molecular formula is C10H13FN2O4S. The fourth-order valence-electron chi connectivity index (χ4n) is 1.22. The minimum absolute atomic E-state index is 0.210. The molecule has 0 aromatic heterocycles. The lowest BCUT2D eigenvalue weighted by Gasteiger charge is -2.12. The zero-order chi connectivity index (χ0) is 13.9. The number of hydrogen-bond donors (Lipinski definition) is 3. The van der Waals surface area contributed by atoms with Crippen molar-refractivity contribution in [3.8, 4) is 0 Å². The van der Waals surface area contributed by atoms with Crippen LogP contribution < -0.4 is 9.44 Å². The van der Waals surface area contributed by atoms with Crippen LogP contribution in [-0.2, 0) is 10.2 Å². The fourth-order valence-corrected chi connectivity index (χ4v) is 2.35. The van der Waals surface area contributed by atoms with Crippen LogP contribution in [0.2, 0.25) is 0 Å². The van der Waals surface area contributed by atoms with E-state index in [2.05, 4.69) is 4.72 Å². The fraction of sp³-hybridized carbons (Fsp3) is 0.300. The average Bonchev–Trinajstić information content (AvgIpc) is 2.18. The van der Waals surface area contributed by atoms with E-state index in [-0.39, 0.29) is 11.6 Å². The molecular weight excluding hydrogens is 263 g/mol. The number of carboxylic acid groups (broad SMARTS) is 1. The molecule has 6 nitrogen and oxygen atoms in total. The quantitative estimate of drug-likeness (QED) is 0.752. The zero-order valence-corrected chi connectivity index (χ0v) is 10.6. The minimum atomic E-state index is -3.93. The van der Waals surface area contributed by atoms with Crippen LogP contribution in [0.1, 0.15) is 24.2 Å². The highest BCUT2D eigenvalue weighted by atomic mass is 32.2. The third kappa shape index (κ3) is 3.97. The molecule has 0 spiro atoms. The number of aromatic carboxylic acids is 1. The van der Waals surface area contributed by atoms with E-state index in [1.807, 2.05) is 4.72 Å². The van der Waals surface area contributed by atoms with Crippen LogP contribution in [0.15, 0.2) is 18.2 Å². The molecule has 0 unspecified atom stereocenters. The second-order valence-electron chi connectivity index (χ2n) is 3.88. The Bertz CT molecular complexity index is 557. The predicted molar refractivity (Wildman–Crippen MR) is 64.2 cm³/mol. The van der Waals surface area contributed by atoms with Gasteiger partial charge in [0.1, 0.15) is 5.82 Å². The first-order valence-electron chi connectivity index (χ1n) is 5.04. The third-order valence-corrected chi connectivity index (χ3v) is 3.12. The highest BCUT2D eigenvalue weighted by Crippen LogP contribution is 2.17. The van der Waals surface area contributed by atoms with Crippen molar-refractivity contribution in [1.29, 1.82) is 0 Å². The molecule has 0 fully saturated rings. The minimum Gasteiger partial charge on any atom is -0.478 e. The van der Waals surface area contributed by atoms with Crippen LogP contribution >= 0.6 is 0 Å². The summed E-state index contributed by atoms with van der Waals surface area (Å²) >= 11 is 0. The van der Waals surface area contributed by atoms with Crippen LogP contribution in [0, 0.1) is 5.82 Å². The Labute approximate surface area is 104 Å². The lowest BCUT2D eigenvalue weighted by molar-refractivity contribution is 0.0697. The first-order chi connectivity index (χ1) is 8.21. The summed E-state index contributed by atoms with van der Waals surface area (Å²) in [4.78, 5) is 10.7. The lowest BCUT2D eigenvalue weighted by Crippen LogP contribution is -2.35. The van der Waals surface area contributed by atoms with Gasteiger partial charge in [0.15, 0.2) is 0 Å². The van der Waals surface area contributed by atoms with E-state index in [0.717, 1.165) is 18.2 Å². The number of rotatable bonds is 5. The SMILES string of the molecule is CC(C)NS(=O)(=O)Nc1cc(C(=O)O)ccc1F. The zero-order valence-electron chi connectivity index (χ0n) is 9.77. The monoisotopic (exact) mass is 276 g/mol. The Morgan fingerprint density at radius 3 is 2.50 bits per heavy atom.